The van der Waals surface area contributed by atoms with Crippen LogP contribution in [0.25, 0.3) is 16.3 Å². The van der Waals surface area contributed by atoms with Gasteiger partial charge in [-0.1, -0.05) is 38.1 Å². The van der Waals surface area contributed by atoms with E-state index in [4.69, 9.17) is 0 Å². The number of nitrogens with one attached hydrogen (secondary N) is 1. The monoisotopic (exact) mass is 254 g/mol. The van der Waals surface area contributed by atoms with E-state index in [2.05, 4.69) is 61.4 Å². The van der Waals surface area contributed by atoms with Gasteiger partial charge in [0.1, 0.15) is 0 Å². The summed E-state index contributed by atoms with van der Waals surface area (Å²) in [6.45, 7) is 7.55. The van der Waals surface area contributed by atoms with Gasteiger partial charge >= 0.3 is 0 Å². The Balaban J connectivity index is 2.17. The summed E-state index contributed by atoms with van der Waals surface area (Å²) >= 11 is 0. The van der Waals surface area contributed by atoms with Gasteiger partial charge in [0.05, 0.1) is 0 Å². The molecule has 0 atom stereocenters. The summed E-state index contributed by atoms with van der Waals surface area (Å²) < 4.78 is 0. The van der Waals surface area contributed by atoms with Crippen molar-refractivity contribution in [2.75, 3.05) is 6.54 Å². The predicted molar refractivity (Wildman–Crippen MR) is 83.1 cm³/mol. The Morgan fingerprint density at radius 2 is 2.16 bits per heavy atom. The molecule has 0 aliphatic carbocycles. The van der Waals surface area contributed by atoms with Crippen LogP contribution in [0.2, 0.25) is 0 Å². The number of aromatic nitrogens is 1. The van der Waals surface area contributed by atoms with Crippen LogP contribution in [0, 0.1) is 0 Å². The number of hydrogen-bond donors (Lipinski definition) is 1. The van der Waals surface area contributed by atoms with Crippen LogP contribution in [-0.2, 0) is 0 Å². The number of hydrogen-bond acceptors (Lipinski definition) is 2. The first kappa shape index (κ1) is 13.8. The maximum Gasteiger partial charge on any atom is 0.0352 e. The molecule has 0 unspecified atom stereocenters. The standard InChI is InChI=1S/C17H22N2/c1-13(2)19-10-5-6-14(3)16-8-4-7-15-9-11-18-12-17(15)16/h4,6-9,11-13,19H,5,10H2,1-3H3/b14-6-. The maximum atomic E-state index is 4.24. The number of nitrogens with zero attached hydrogens (tertiary/aromatic N) is 1. The number of pyridine rings is 1. The van der Waals surface area contributed by atoms with Crippen LogP contribution in [0.15, 0.2) is 42.7 Å². The summed E-state index contributed by atoms with van der Waals surface area (Å²) in [5.74, 6) is 0. The molecule has 1 aromatic heterocycles. The highest BCUT2D eigenvalue weighted by atomic mass is 14.9. The lowest BCUT2D eigenvalue weighted by molar-refractivity contribution is 0.595. The fourth-order valence-electron chi connectivity index (χ4n) is 2.23. The normalized spacial score (nSPS) is 12.3. The lowest BCUT2D eigenvalue weighted by atomic mass is 10.00. The van der Waals surface area contributed by atoms with E-state index in [1.807, 2.05) is 12.4 Å². The van der Waals surface area contributed by atoms with Gasteiger partial charge in [-0.05, 0) is 42.5 Å². The minimum Gasteiger partial charge on any atom is -0.314 e. The zero-order valence-corrected chi connectivity index (χ0v) is 12.0. The van der Waals surface area contributed by atoms with Crippen LogP contribution >= 0.6 is 0 Å². The summed E-state index contributed by atoms with van der Waals surface area (Å²) in [5.41, 5.74) is 2.61. The van der Waals surface area contributed by atoms with Gasteiger partial charge in [-0.25, -0.2) is 0 Å². The quantitative estimate of drug-likeness (QED) is 0.815. The van der Waals surface area contributed by atoms with Crippen molar-refractivity contribution in [3.8, 4) is 0 Å². The first-order valence-corrected chi connectivity index (χ1v) is 6.91. The van der Waals surface area contributed by atoms with Crippen molar-refractivity contribution >= 4 is 16.3 Å². The molecule has 0 spiro atoms. The van der Waals surface area contributed by atoms with Gasteiger partial charge in [0.2, 0.25) is 0 Å². The second kappa shape index (κ2) is 6.48. The molecule has 0 saturated heterocycles. The molecular weight excluding hydrogens is 232 g/mol. The molecule has 0 amide bonds. The first-order valence-electron chi connectivity index (χ1n) is 6.91. The summed E-state index contributed by atoms with van der Waals surface area (Å²) in [7, 11) is 0. The second-order valence-electron chi connectivity index (χ2n) is 5.19. The third-order valence-corrected chi connectivity index (χ3v) is 3.26. The Morgan fingerprint density at radius 3 is 2.95 bits per heavy atom. The molecule has 1 aromatic carbocycles. The number of fused-ring (bicyclic) bond motifs is 1. The van der Waals surface area contributed by atoms with E-state index < -0.39 is 0 Å². The molecule has 100 valence electrons. The summed E-state index contributed by atoms with van der Waals surface area (Å²) in [6.07, 6.45) is 7.16. The number of allylic oxidation sites excluding steroid dienone is 1. The van der Waals surface area contributed by atoms with Gasteiger partial charge in [0.15, 0.2) is 0 Å². The van der Waals surface area contributed by atoms with Gasteiger partial charge < -0.3 is 5.32 Å². The Kier molecular flexibility index (Phi) is 4.69. The highest BCUT2D eigenvalue weighted by molar-refractivity contribution is 5.92. The fraction of sp³-hybridized carbons (Fsp3) is 0.353. The molecule has 19 heavy (non-hydrogen) atoms. The average molecular weight is 254 g/mol. The molecule has 0 fully saturated rings. The third-order valence-electron chi connectivity index (χ3n) is 3.26. The molecule has 2 aromatic rings. The third kappa shape index (κ3) is 3.65. The van der Waals surface area contributed by atoms with Crippen molar-refractivity contribution in [1.29, 1.82) is 0 Å². The van der Waals surface area contributed by atoms with E-state index >= 15 is 0 Å². The Labute approximate surface area is 115 Å². The minimum absolute atomic E-state index is 0.551. The minimum atomic E-state index is 0.551. The van der Waals surface area contributed by atoms with Crippen LogP contribution in [0.3, 0.4) is 0 Å². The lowest BCUT2D eigenvalue weighted by Crippen LogP contribution is -2.23. The highest BCUT2D eigenvalue weighted by Gasteiger charge is 2.02. The zero-order chi connectivity index (χ0) is 13.7. The molecule has 0 aliphatic rings. The van der Waals surface area contributed by atoms with Gasteiger partial charge in [0, 0.05) is 23.8 Å². The molecular formula is C17H22N2. The van der Waals surface area contributed by atoms with Crippen molar-refractivity contribution in [2.24, 2.45) is 0 Å². The van der Waals surface area contributed by atoms with E-state index in [1.54, 1.807) is 0 Å². The molecule has 2 rings (SSSR count). The van der Waals surface area contributed by atoms with Gasteiger partial charge in [0.25, 0.3) is 0 Å². The Bertz CT molecular complexity index is 565. The van der Waals surface area contributed by atoms with E-state index in [9.17, 15) is 0 Å². The first-order chi connectivity index (χ1) is 9.18. The van der Waals surface area contributed by atoms with Crippen molar-refractivity contribution in [1.82, 2.24) is 10.3 Å². The van der Waals surface area contributed by atoms with E-state index in [1.165, 1.54) is 21.9 Å². The van der Waals surface area contributed by atoms with Gasteiger partial charge in [-0.3, -0.25) is 4.98 Å². The Hall–Kier alpha value is -1.67. The second-order valence-corrected chi connectivity index (χ2v) is 5.19. The zero-order valence-electron chi connectivity index (χ0n) is 12.0. The molecule has 1 N–H and O–H groups in total. The maximum absolute atomic E-state index is 4.24. The van der Waals surface area contributed by atoms with Crippen LogP contribution in [0.5, 0.6) is 0 Å². The molecule has 2 heteroatoms. The van der Waals surface area contributed by atoms with Crippen LogP contribution in [0.4, 0.5) is 0 Å². The molecule has 0 saturated carbocycles. The summed E-state index contributed by atoms with van der Waals surface area (Å²) in [6, 6.07) is 9.03. The van der Waals surface area contributed by atoms with Gasteiger partial charge in [-0.2, -0.15) is 0 Å². The van der Waals surface area contributed by atoms with Crippen molar-refractivity contribution in [3.63, 3.8) is 0 Å². The summed E-state index contributed by atoms with van der Waals surface area (Å²) in [4.78, 5) is 4.24. The molecule has 0 aliphatic heterocycles. The fourth-order valence-corrected chi connectivity index (χ4v) is 2.23. The topological polar surface area (TPSA) is 24.9 Å². The lowest BCUT2D eigenvalue weighted by Gasteiger charge is -2.08. The summed E-state index contributed by atoms with van der Waals surface area (Å²) in [5, 5.41) is 5.92. The highest BCUT2D eigenvalue weighted by Crippen LogP contribution is 2.24. The van der Waals surface area contributed by atoms with Crippen LogP contribution < -0.4 is 5.32 Å². The van der Waals surface area contributed by atoms with Gasteiger partial charge in [-0.15, -0.1) is 0 Å². The molecule has 0 bridgehead atoms. The number of rotatable bonds is 5. The van der Waals surface area contributed by atoms with Crippen molar-refractivity contribution in [2.45, 2.75) is 33.2 Å². The number of benzene rings is 1. The average Bonchev–Trinajstić information content (AvgIpc) is 2.42. The van der Waals surface area contributed by atoms with Crippen LogP contribution in [-0.4, -0.2) is 17.6 Å². The molecule has 1 heterocycles. The predicted octanol–water partition coefficient (Wildman–Crippen LogP) is 4.03. The van der Waals surface area contributed by atoms with Crippen molar-refractivity contribution in [3.05, 3.63) is 48.3 Å². The Morgan fingerprint density at radius 1 is 1.32 bits per heavy atom. The smallest absolute Gasteiger partial charge is 0.0352 e. The molecule has 2 nitrogen and oxygen atoms in total. The SMILES string of the molecule is C/C(=C/CCNC(C)C)c1cccc2ccncc12. The molecule has 0 radical (unpaired) electrons. The van der Waals surface area contributed by atoms with E-state index in [0.717, 1.165) is 13.0 Å². The largest absolute Gasteiger partial charge is 0.314 e. The van der Waals surface area contributed by atoms with E-state index in [0.29, 0.717) is 6.04 Å². The van der Waals surface area contributed by atoms with E-state index in [-0.39, 0.29) is 0 Å². The van der Waals surface area contributed by atoms with Crippen LogP contribution in [0.1, 0.15) is 32.8 Å². The van der Waals surface area contributed by atoms with Crippen molar-refractivity contribution < 1.29 is 0 Å².